The average Bonchev–Trinajstić information content (AvgIpc) is 2.62. The molecule has 0 saturated carbocycles. The van der Waals surface area contributed by atoms with Gasteiger partial charge in [0.1, 0.15) is 5.75 Å². The van der Waals surface area contributed by atoms with E-state index in [4.69, 9.17) is 4.74 Å². The summed E-state index contributed by atoms with van der Waals surface area (Å²) < 4.78 is 5.39. The van der Waals surface area contributed by atoms with Crippen molar-refractivity contribution < 1.29 is 9.53 Å². The second kappa shape index (κ2) is 10.6. The predicted molar refractivity (Wildman–Crippen MR) is 100 cm³/mol. The lowest BCUT2D eigenvalue weighted by Crippen LogP contribution is -2.07. The second-order valence-electron chi connectivity index (χ2n) is 6.41. The van der Waals surface area contributed by atoms with Crippen molar-refractivity contribution in [3.63, 3.8) is 0 Å². The number of aromatic nitrogens is 2. The van der Waals surface area contributed by atoms with E-state index in [1.54, 1.807) is 24.5 Å². The Balaban J connectivity index is 1.71. The van der Waals surface area contributed by atoms with Crippen LogP contribution in [0.15, 0.2) is 36.7 Å². The summed E-state index contributed by atoms with van der Waals surface area (Å²) in [6.45, 7) is 4.13. The Morgan fingerprint density at radius 3 is 2.24 bits per heavy atom. The van der Waals surface area contributed by atoms with Gasteiger partial charge in [0.05, 0.1) is 17.6 Å². The zero-order valence-electron chi connectivity index (χ0n) is 15.3. The molecule has 2 rings (SSSR count). The SMILES string of the molecule is CCCCCCCCCC(=O)Oc1ccc(-c2cnc(C)cn2)cc1. The highest BCUT2D eigenvalue weighted by atomic mass is 16.5. The number of benzene rings is 1. The standard InChI is InChI=1S/C21H28N2O2/c1-3-4-5-6-7-8-9-10-21(24)25-19-13-11-18(12-14-19)20-16-22-17(2)15-23-20/h11-16H,3-10H2,1-2H3. The topological polar surface area (TPSA) is 52.1 Å². The molecular formula is C21H28N2O2. The molecule has 4 nitrogen and oxygen atoms in total. The van der Waals surface area contributed by atoms with Gasteiger partial charge in [-0.25, -0.2) is 0 Å². The Kier molecular flexibility index (Phi) is 8.10. The van der Waals surface area contributed by atoms with Crippen molar-refractivity contribution in [3.05, 3.63) is 42.4 Å². The molecule has 25 heavy (non-hydrogen) atoms. The third-order valence-electron chi connectivity index (χ3n) is 4.15. The molecule has 1 heterocycles. The number of hydrogen-bond donors (Lipinski definition) is 0. The highest BCUT2D eigenvalue weighted by Crippen LogP contribution is 2.20. The Labute approximate surface area is 150 Å². The molecule has 4 heteroatoms. The van der Waals surface area contributed by atoms with E-state index in [0.717, 1.165) is 29.8 Å². The monoisotopic (exact) mass is 340 g/mol. The van der Waals surface area contributed by atoms with Gasteiger partial charge in [0, 0.05) is 18.2 Å². The van der Waals surface area contributed by atoms with Crippen LogP contribution in [-0.4, -0.2) is 15.9 Å². The molecule has 0 radical (unpaired) electrons. The summed E-state index contributed by atoms with van der Waals surface area (Å²) in [6.07, 6.45) is 12.3. The van der Waals surface area contributed by atoms with Gasteiger partial charge in [-0.05, 0) is 37.6 Å². The first-order valence-corrected chi connectivity index (χ1v) is 9.29. The first kappa shape index (κ1) is 19.1. The van der Waals surface area contributed by atoms with Crippen LogP contribution in [0.1, 0.15) is 64.0 Å². The second-order valence-corrected chi connectivity index (χ2v) is 6.41. The maximum atomic E-state index is 11.9. The molecule has 134 valence electrons. The van der Waals surface area contributed by atoms with E-state index < -0.39 is 0 Å². The summed E-state index contributed by atoms with van der Waals surface area (Å²) in [6, 6.07) is 7.41. The first-order chi connectivity index (χ1) is 12.2. The highest BCUT2D eigenvalue weighted by molar-refractivity contribution is 5.72. The summed E-state index contributed by atoms with van der Waals surface area (Å²) in [5, 5.41) is 0. The van der Waals surface area contributed by atoms with E-state index in [1.807, 2.05) is 19.1 Å². The van der Waals surface area contributed by atoms with E-state index in [-0.39, 0.29) is 5.97 Å². The van der Waals surface area contributed by atoms with Crippen LogP contribution in [0.5, 0.6) is 5.75 Å². The Bertz CT molecular complexity index is 636. The minimum atomic E-state index is -0.156. The molecule has 0 spiro atoms. The molecule has 0 fully saturated rings. The van der Waals surface area contributed by atoms with Crippen LogP contribution in [0.4, 0.5) is 0 Å². The number of rotatable bonds is 10. The molecule has 0 saturated heterocycles. The molecule has 0 N–H and O–H groups in total. The van der Waals surface area contributed by atoms with E-state index >= 15 is 0 Å². The van der Waals surface area contributed by atoms with Crippen molar-refractivity contribution in [2.24, 2.45) is 0 Å². The smallest absolute Gasteiger partial charge is 0.311 e. The normalized spacial score (nSPS) is 10.6. The van der Waals surface area contributed by atoms with Gasteiger partial charge in [0.25, 0.3) is 0 Å². The van der Waals surface area contributed by atoms with Gasteiger partial charge in [-0.2, -0.15) is 0 Å². The summed E-state index contributed by atoms with van der Waals surface area (Å²) in [4.78, 5) is 20.5. The molecule has 0 bridgehead atoms. The Morgan fingerprint density at radius 2 is 1.60 bits per heavy atom. The third-order valence-corrected chi connectivity index (χ3v) is 4.15. The van der Waals surface area contributed by atoms with Gasteiger partial charge in [-0.15, -0.1) is 0 Å². The summed E-state index contributed by atoms with van der Waals surface area (Å²) >= 11 is 0. The van der Waals surface area contributed by atoms with Gasteiger partial charge in [0.2, 0.25) is 0 Å². The molecule has 0 unspecified atom stereocenters. The van der Waals surface area contributed by atoms with Crippen LogP contribution in [0.3, 0.4) is 0 Å². The number of carbonyl (C=O) groups excluding carboxylic acids is 1. The first-order valence-electron chi connectivity index (χ1n) is 9.29. The van der Waals surface area contributed by atoms with E-state index in [2.05, 4.69) is 16.9 Å². The number of esters is 1. The van der Waals surface area contributed by atoms with Crippen molar-refractivity contribution in [3.8, 4) is 17.0 Å². The van der Waals surface area contributed by atoms with Gasteiger partial charge >= 0.3 is 5.97 Å². The third kappa shape index (κ3) is 7.04. The summed E-state index contributed by atoms with van der Waals surface area (Å²) in [7, 11) is 0. The van der Waals surface area contributed by atoms with Crippen molar-refractivity contribution in [1.29, 1.82) is 0 Å². The number of unbranched alkanes of at least 4 members (excludes halogenated alkanes) is 6. The van der Waals surface area contributed by atoms with Crippen LogP contribution in [0.25, 0.3) is 11.3 Å². The van der Waals surface area contributed by atoms with Gasteiger partial charge in [-0.1, -0.05) is 45.4 Å². The van der Waals surface area contributed by atoms with Crippen LogP contribution >= 0.6 is 0 Å². The number of carbonyl (C=O) groups is 1. The molecule has 0 atom stereocenters. The zero-order chi connectivity index (χ0) is 17.9. The summed E-state index contributed by atoms with van der Waals surface area (Å²) in [5.74, 6) is 0.424. The van der Waals surface area contributed by atoms with E-state index in [9.17, 15) is 4.79 Å². The molecule has 0 amide bonds. The molecular weight excluding hydrogens is 312 g/mol. The number of hydrogen-bond acceptors (Lipinski definition) is 4. The molecule has 0 aliphatic carbocycles. The molecule has 0 aliphatic heterocycles. The number of nitrogens with zero attached hydrogens (tertiary/aromatic N) is 2. The van der Waals surface area contributed by atoms with Crippen molar-refractivity contribution in [1.82, 2.24) is 9.97 Å². The summed E-state index contributed by atoms with van der Waals surface area (Å²) in [5.41, 5.74) is 2.66. The van der Waals surface area contributed by atoms with E-state index in [0.29, 0.717) is 12.2 Å². The van der Waals surface area contributed by atoms with Crippen molar-refractivity contribution >= 4 is 5.97 Å². The van der Waals surface area contributed by atoms with Crippen LogP contribution in [-0.2, 0) is 4.79 Å². The average molecular weight is 340 g/mol. The van der Waals surface area contributed by atoms with Gasteiger partial charge in [0.15, 0.2) is 0 Å². The number of aryl methyl sites for hydroxylation is 1. The minimum absolute atomic E-state index is 0.156. The van der Waals surface area contributed by atoms with Crippen LogP contribution in [0, 0.1) is 6.92 Å². The fourth-order valence-corrected chi connectivity index (χ4v) is 2.64. The van der Waals surface area contributed by atoms with Gasteiger partial charge in [-0.3, -0.25) is 14.8 Å². The van der Waals surface area contributed by atoms with Crippen molar-refractivity contribution in [2.45, 2.75) is 65.2 Å². The lowest BCUT2D eigenvalue weighted by Gasteiger charge is -2.06. The maximum absolute atomic E-state index is 11.9. The molecule has 2 aromatic rings. The molecule has 1 aromatic carbocycles. The van der Waals surface area contributed by atoms with Crippen LogP contribution < -0.4 is 4.74 Å². The fraction of sp³-hybridized carbons (Fsp3) is 0.476. The number of ether oxygens (including phenoxy) is 1. The minimum Gasteiger partial charge on any atom is -0.427 e. The highest BCUT2D eigenvalue weighted by Gasteiger charge is 2.06. The van der Waals surface area contributed by atoms with E-state index in [1.165, 1.54) is 32.1 Å². The Hall–Kier alpha value is -2.23. The Morgan fingerprint density at radius 1 is 0.920 bits per heavy atom. The fourth-order valence-electron chi connectivity index (χ4n) is 2.64. The predicted octanol–water partition coefficient (Wildman–Crippen LogP) is 5.50. The maximum Gasteiger partial charge on any atom is 0.311 e. The zero-order valence-corrected chi connectivity index (χ0v) is 15.3. The van der Waals surface area contributed by atoms with Crippen LogP contribution in [0.2, 0.25) is 0 Å². The van der Waals surface area contributed by atoms with Gasteiger partial charge < -0.3 is 4.74 Å². The largest absolute Gasteiger partial charge is 0.427 e. The lowest BCUT2D eigenvalue weighted by atomic mass is 10.1. The molecule has 0 aliphatic rings. The lowest BCUT2D eigenvalue weighted by molar-refractivity contribution is -0.134. The molecule has 1 aromatic heterocycles. The quantitative estimate of drug-likeness (QED) is 0.326. The van der Waals surface area contributed by atoms with Crippen molar-refractivity contribution in [2.75, 3.05) is 0 Å².